The molecule has 0 spiro atoms. The van der Waals surface area contributed by atoms with Gasteiger partial charge in [0.15, 0.2) is 0 Å². The molecule has 6 rings (SSSR count). The number of phenols is 2. The number of hydrogen-bond donors (Lipinski definition) is 2. The monoisotopic (exact) mass is 406 g/mol. The number of aromatic nitrogens is 2. The number of aromatic hydroxyl groups is 2. The van der Waals surface area contributed by atoms with Crippen LogP contribution in [0.4, 0.5) is 0 Å². The lowest BCUT2D eigenvalue weighted by atomic mass is 10.0. The molecule has 0 saturated heterocycles. The van der Waals surface area contributed by atoms with E-state index < -0.39 is 0 Å². The van der Waals surface area contributed by atoms with Gasteiger partial charge in [-0.2, -0.15) is 0 Å². The standard InChI is InChI=1S/C27H22N2O2/c1-15-25-24(27(31)16(2)26(15)30)20-9-5-7-11-22(20)29(25)17-12-13-19-18-8-4-6-10-21(18)28(3)23(19)14-17/h4-14,30-31H,1-3H3. The molecule has 0 radical (unpaired) electrons. The number of nitrogens with zero attached hydrogens (tertiary/aromatic N) is 2. The maximum absolute atomic E-state index is 11.0. The van der Waals surface area contributed by atoms with Gasteiger partial charge >= 0.3 is 0 Å². The first-order chi connectivity index (χ1) is 15.0. The average molecular weight is 406 g/mol. The molecule has 31 heavy (non-hydrogen) atoms. The van der Waals surface area contributed by atoms with Gasteiger partial charge in [0.25, 0.3) is 0 Å². The number of fused-ring (bicyclic) bond motifs is 6. The summed E-state index contributed by atoms with van der Waals surface area (Å²) in [6.45, 7) is 3.67. The lowest BCUT2D eigenvalue weighted by Gasteiger charge is -2.13. The van der Waals surface area contributed by atoms with Crippen molar-refractivity contribution in [1.29, 1.82) is 0 Å². The van der Waals surface area contributed by atoms with Crippen molar-refractivity contribution in [2.24, 2.45) is 7.05 Å². The van der Waals surface area contributed by atoms with Crippen LogP contribution in [-0.4, -0.2) is 19.3 Å². The second-order valence-electron chi connectivity index (χ2n) is 8.30. The molecule has 0 aliphatic rings. The average Bonchev–Trinajstić information content (AvgIpc) is 3.29. The molecular weight excluding hydrogens is 384 g/mol. The van der Waals surface area contributed by atoms with Crippen LogP contribution >= 0.6 is 0 Å². The zero-order valence-corrected chi connectivity index (χ0v) is 17.6. The van der Waals surface area contributed by atoms with E-state index in [-0.39, 0.29) is 11.5 Å². The molecular formula is C27H22N2O2. The minimum Gasteiger partial charge on any atom is -0.507 e. The summed E-state index contributed by atoms with van der Waals surface area (Å²) in [5.74, 6) is 0.276. The smallest absolute Gasteiger partial charge is 0.132 e. The third kappa shape index (κ3) is 2.19. The number of para-hydroxylation sites is 2. The van der Waals surface area contributed by atoms with E-state index in [1.165, 1.54) is 16.3 Å². The molecule has 2 N–H and O–H groups in total. The molecule has 2 heterocycles. The molecule has 4 aromatic carbocycles. The van der Waals surface area contributed by atoms with Gasteiger partial charge in [0.1, 0.15) is 11.5 Å². The lowest BCUT2D eigenvalue weighted by Crippen LogP contribution is -1.97. The van der Waals surface area contributed by atoms with Crippen molar-refractivity contribution in [1.82, 2.24) is 9.13 Å². The Morgan fingerprint density at radius 1 is 0.645 bits per heavy atom. The van der Waals surface area contributed by atoms with Crippen LogP contribution < -0.4 is 0 Å². The van der Waals surface area contributed by atoms with Crippen molar-refractivity contribution >= 4 is 43.6 Å². The highest BCUT2D eigenvalue weighted by molar-refractivity contribution is 6.15. The Morgan fingerprint density at radius 3 is 2.06 bits per heavy atom. The fourth-order valence-corrected chi connectivity index (χ4v) is 5.08. The molecule has 0 fully saturated rings. The predicted octanol–water partition coefficient (Wildman–Crippen LogP) is 6.46. The van der Waals surface area contributed by atoms with E-state index in [0.29, 0.717) is 5.56 Å². The summed E-state index contributed by atoms with van der Waals surface area (Å²) < 4.78 is 4.37. The minimum absolute atomic E-state index is 0.138. The first-order valence-electron chi connectivity index (χ1n) is 10.4. The van der Waals surface area contributed by atoms with Gasteiger partial charge < -0.3 is 19.3 Å². The molecule has 4 heteroatoms. The molecule has 6 aromatic rings. The van der Waals surface area contributed by atoms with E-state index in [1.54, 1.807) is 6.92 Å². The Labute approximate surface area is 179 Å². The fourth-order valence-electron chi connectivity index (χ4n) is 5.08. The van der Waals surface area contributed by atoms with Crippen molar-refractivity contribution in [3.63, 3.8) is 0 Å². The summed E-state index contributed by atoms with van der Waals surface area (Å²) in [7, 11) is 2.09. The van der Waals surface area contributed by atoms with Crippen LogP contribution in [0, 0.1) is 13.8 Å². The molecule has 4 nitrogen and oxygen atoms in total. The van der Waals surface area contributed by atoms with Crippen LogP contribution in [0.25, 0.3) is 49.3 Å². The molecule has 152 valence electrons. The van der Waals surface area contributed by atoms with Crippen molar-refractivity contribution in [2.75, 3.05) is 0 Å². The molecule has 0 saturated carbocycles. The number of rotatable bonds is 1. The zero-order chi connectivity index (χ0) is 21.4. The Kier molecular flexibility index (Phi) is 3.49. The highest BCUT2D eigenvalue weighted by Crippen LogP contribution is 2.45. The van der Waals surface area contributed by atoms with Crippen LogP contribution in [0.3, 0.4) is 0 Å². The zero-order valence-electron chi connectivity index (χ0n) is 17.6. The Bertz CT molecular complexity index is 1690. The SMILES string of the molecule is Cc1c(O)c(C)c2c(c1O)c1ccccc1n2-c1ccc2c3ccccc3n(C)c2c1. The van der Waals surface area contributed by atoms with E-state index in [0.717, 1.165) is 38.6 Å². The third-order valence-electron chi connectivity index (χ3n) is 6.69. The number of aryl methyl sites for hydroxylation is 2. The molecule has 2 aromatic heterocycles. The third-order valence-corrected chi connectivity index (χ3v) is 6.69. The topological polar surface area (TPSA) is 50.3 Å². The Hall–Kier alpha value is -3.92. The van der Waals surface area contributed by atoms with E-state index in [2.05, 4.69) is 64.7 Å². The molecule has 0 aliphatic heterocycles. The van der Waals surface area contributed by atoms with Crippen molar-refractivity contribution in [3.8, 4) is 17.2 Å². The summed E-state index contributed by atoms with van der Waals surface area (Å²) in [5.41, 5.74) is 6.44. The second-order valence-corrected chi connectivity index (χ2v) is 8.30. The summed E-state index contributed by atoms with van der Waals surface area (Å²) in [6, 6.07) is 23.0. The van der Waals surface area contributed by atoms with E-state index >= 15 is 0 Å². The van der Waals surface area contributed by atoms with Crippen molar-refractivity contribution < 1.29 is 10.2 Å². The molecule has 0 aliphatic carbocycles. The van der Waals surface area contributed by atoms with Crippen LogP contribution in [-0.2, 0) is 7.05 Å². The Balaban J connectivity index is 1.80. The van der Waals surface area contributed by atoms with Gasteiger partial charge in [0.2, 0.25) is 0 Å². The Morgan fingerprint density at radius 2 is 1.29 bits per heavy atom. The molecule has 0 atom stereocenters. The maximum atomic E-state index is 11.0. The highest BCUT2D eigenvalue weighted by atomic mass is 16.3. The van der Waals surface area contributed by atoms with Crippen LogP contribution in [0.1, 0.15) is 11.1 Å². The van der Waals surface area contributed by atoms with Gasteiger partial charge in [-0.1, -0.05) is 42.5 Å². The molecule has 0 amide bonds. The van der Waals surface area contributed by atoms with Gasteiger partial charge in [0, 0.05) is 45.5 Å². The number of hydrogen-bond acceptors (Lipinski definition) is 2. The molecule has 0 bridgehead atoms. The number of phenolic OH excluding ortho intramolecular Hbond substituents is 2. The van der Waals surface area contributed by atoms with E-state index in [9.17, 15) is 10.2 Å². The van der Waals surface area contributed by atoms with Crippen LogP contribution in [0.15, 0.2) is 66.7 Å². The first-order valence-corrected chi connectivity index (χ1v) is 10.4. The van der Waals surface area contributed by atoms with E-state index in [4.69, 9.17) is 0 Å². The maximum Gasteiger partial charge on any atom is 0.132 e. The largest absolute Gasteiger partial charge is 0.507 e. The van der Waals surface area contributed by atoms with Gasteiger partial charge in [-0.15, -0.1) is 0 Å². The van der Waals surface area contributed by atoms with Gasteiger partial charge in [-0.3, -0.25) is 0 Å². The fraction of sp³-hybridized carbons (Fsp3) is 0.111. The van der Waals surface area contributed by atoms with Gasteiger partial charge in [0.05, 0.1) is 21.9 Å². The van der Waals surface area contributed by atoms with Gasteiger partial charge in [-0.05, 0) is 38.1 Å². The quantitative estimate of drug-likeness (QED) is 0.329. The predicted molar refractivity (Wildman–Crippen MR) is 128 cm³/mol. The first kappa shape index (κ1) is 17.9. The number of benzene rings is 4. The minimum atomic E-state index is 0.138. The highest BCUT2D eigenvalue weighted by Gasteiger charge is 2.22. The summed E-state index contributed by atoms with van der Waals surface area (Å²) in [4.78, 5) is 0. The van der Waals surface area contributed by atoms with Crippen LogP contribution in [0.5, 0.6) is 11.5 Å². The summed E-state index contributed by atoms with van der Waals surface area (Å²) >= 11 is 0. The van der Waals surface area contributed by atoms with Crippen LogP contribution in [0.2, 0.25) is 0 Å². The second kappa shape index (κ2) is 6.05. The van der Waals surface area contributed by atoms with E-state index in [1.807, 2.05) is 25.1 Å². The van der Waals surface area contributed by atoms with Gasteiger partial charge in [-0.25, -0.2) is 0 Å². The van der Waals surface area contributed by atoms with Crippen molar-refractivity contribution in [3.05, 3.63) is 77.9 Å². The van der Waals surface area contributed by atoms with Crippen molar-refractivity contribution in [2.45, 2.75) is 13.8 Å². The summed E-state index contributed by atoms with van der Waals surface area (Å²) in [5, 5.41) is 25.9. The molecule has 0 unspecified atom stereocenters. The normalized spacial score (nSPS) is 12.0. The lowest BCUT2D eigenvalue weighted by molar-refractivity contribution is 0.445. The summed E-state index contributed by atoms with van der Waals surface area (Å²) in [6.07, 6.45) is 0.